The Kier molecular flexibility index (Phi) is 8.84. The lowest BCUT2D eigenvalue weighted by molar-refractivity contribution is -0.141. The first-order valence-corrected chi connectivity index (χ1v) is 10.3. The van der Waals surface area contributed by atoms with Crippen molar-refractivity contribution >= 4 is 11.8 Å². The second kappa shape index (κ2) is 11.3. The van der Waals surface area contributed by atoms with Crippen LogP contribution in [0.25, 0.3) is 0 Å². The third-order valence-electron chi connectivity index (χ3n) is 4.72. The van der Waals surface area contributed by atoms with E-state index in [4.69, 9.17) is 0 Å². The Hall–Kier alpha value is -2.69. The zero-order valence-corrected chi connectivity index (χ0v) is 17.5. The van der Waals surface area contributed by atoms with Crippen molar-refractivity contribution in [1.82, 2.24) is 10.2 Å². The maximum Gasteiger partial charge on any atom is 0.243 e. The molecule has 0 fully saturated rings. The molecule has 2 amide bonds. The largest absolute Gasteiger partial charge is 0.354 e. The summed E-state index contributed by atoms with van der Waals surface area (Å²) >= 11 is 0. The van der Waals surface area contributed by atoms with Crippen molar-refractivity contribution in [2.24, 2.45) is 5.92 Å². The molecule has 0 bridgehead atoms. The number of carbonyl (C=O) groups is 2. The maximum atomic E-state index is 14.3. The Morgan fingerprint density at radius 2 is 1.69 bits per heavy atom. The molecule has 2 aromatic rings. The van der Waals surface area contributed by atoms with Crippen molar-refractivity contribution in [2.45, 2.75) is 52.6 Å². The fourth-order valence-electron chi connectivity index (χ4n) is 3.14. The Morgan fingerprint density at radius 3 is 2.31 bits per heavy atom. The topological polar surface area (TPSA) is 49.4 Å². The van der Waals surface area contributed by atoms with Gasteiger partial charge in [-0.25, -0.2) is 4.39 Å². The maximum absolute atomic E-state index is 14.3. The number of carbonyl (C=O) groups excluding carboxylic acids is 2. The summed E-state index contributed by atoms with van der Waals surface area (Å²) in [5.41, 5.74) is 1.37. The average molecular weight is 399 g/mol. The van der Waals surface area contributed by atoms with E-state index in [0.717, 1.165) is 5.56 Å². The molecule has 0 aromatic heterocycles. The highest BCUT2D eigenvalue weighted by atomic mass is 19.1. The smallest absolute Gasteiger partial charge is 0.243 e. The van der Waals surface area contributed by atoms with Crippen molar-refractivity contribution in [1.29, 1.82) is 0 Å². The summed E-state index contributed by atoms with van der Waals surface area (Å²) in [6, 6.07) is 15.3. The van der Waals surface area contributed by atoms with E-state index in [1.807, 2.05) is 51.1 Å². The summed E-state index contributed by atoms with van der Waals surface area (Å²) < 4.78 is 14.3. The number of hydrogen-bond donors (Lipinski definition) is 1. The van der Waals surface area contributed by atoms with E-state index >= 15 is 0 Å². The van der Waals surface area contributed by atoms with Crippen molar-refractivity contribution in [3.63, 3.8) is 0 Å². The summed E-state index contributed by atoms with van der Waals surface area (Å²) in [7, 11) is 0. The monoisotopic (exact) mass is 398 g/mol. The van der Waals surface area contributed by atoms with Crippen LogP contribution in [-0.4, -0.2) is 29.3 Å². The SMILES string of the molecule is CCCC(=O)N(Cc1ccccc1F)[C@@H](Cc1ccccc1)C(=O)NCC(C)C. The predicted molar refractivity (Wildman–Crippen MR) is 114 cm³/mol. The van der Waals surface area contributed by atoms with Gasteiger partial charge in [-0.1, -0.05) is 69.3 Å². The molecule has 1 N–H and O–H groups in total. The quantitative estimate of drug-likeness (QED) is 0.647. The molecule has 1 atom stereocenters. The molecule has 2 aromatic carbocycles. The molecule has 2 rings (SSSR count). The van der Waals surface area contributed by atoms with Gasteiger partial charge in [-0.15, -0.1) is 0 Å². The van der Waals surface area contributed by atoms with Crippen LogP contribution < -0.4 is 5.32 Å². The van der Waals surface area contributed by atoms with Gasteiger partial charge in [0.15, 0.2) is 0 Å². The fourth-order valence-corrected chi connectivity index (χ4v) is 3.14. The van der Waals surface area contributed by atoms with Crippen LogP contribution in [-0.2, 0) is 22.6 Å². The molecule has 0 aliphatic rings. The molecule has 29 heavy (non-hydrogen) atoms. The van der Waals surface area contributed by atoms with E-state index in [0.29, 0.717) is 37.3 Å². The standard InChI is InChI=1S/C24H31FN2O2/c1-4-10-23(28)27(17-20-13-8-9-14-21(20)25)22(24(29)26-16-18(2)3)15-19-11-6-5-7-12-19/h5-9,11-14,18,22H,4,10,15-17H2,1-3H3,(H,26,29)/t22-/m0/s1. The highest BCUT2D eigenvalue weighted by Gasteiger charge is 2.30. The van der Waals surface area contributed by atoms with Gasteiger partial charge in [0, 0.05) is 31.5 Å². The molecule has 156 valence electrons. The lowest BCUT2D eigenvalue weighted by Gasteiger charge is -2.32. The number of halogens is 1. The highest BCUT2D eigenvalue weighted by Crippen LogP contribution is 2.18. The second-order valence-electron chi connectivity index (χ2n) is 7.71. The number of amides is 2. The van der Waals surface area contributed by atoms with Gasteiger partial charge in [-0.2, -0.15) is 0 Å². The summed E-state index contributed by atoms with van der Waals surface area (Å²) in [6.07, 6.45) is 1.37. The van der Waals surface area contributed by atoms with Gasteiger partial charge >= 0.3 is 0 Å². The first-order valence-electron chi connectivity index (χ1n) is 10.3. The van der Waals surface area contributed by atoms with Crippen LogP contribution in [0.15, 0.2) is 54.6 Å². The van der Waals surface area contributed by atoms with Gasteiger partial charge in [0.25, 0.3) is 0 Å². The van der Waals surface area contributed by atoms with E-state index in [1.165, 1.54) is 11.0 Å². The van der Waals surface area contributed by atoms with Gasteiger partial charge in [0.05, 0.1) is 0 Å². The van der Waals surface area contributed by atoms with Crippen LogP contribution in [0.5, 0.6) is 0 Å². The Morgan fingerprint density at radius 1 is 1.03 bits per heavy atom. The van der Waals surface area contributed by atoms with E-state index in [9.17, 15) is 14.0 Å². The molecular formula is C24H31FN2O2. The molecule has 0 saturated carbocycles. The first kappa shape index (κ1) is 22.6. The summed E-state index contributed by atoms with van der Waals surface area (Å²) in [6.45, 7) is 6.56. The van der Waals surface area contributed by atoms with E-state index in [-0.39, 0.29) is 24.2 Å². The molecule has 0 spiro atoms. The van der Waals surface area contributed by atoms with Gasteiger partial charge in [0.2, 0.25) is 11.8 Å². The minimum atomic E-state index is -0.699. The van der Waals surface area contributed by atoms with E-state index < -0.39 is 6.04 Å². The van der Waals surface area contributed by atoms with Gasteiger partial charge in [-0.05, 0) is 24.0 Å². The number of nitrogens with zero attached hydrogens (tertiary/aromatic N) is 1. The van der Waals surface area contributed by atoms with Crippen molar-refractivity contribution < 1.29 is 14.0 Å². The Bertz CT molecular complexity index is 792. The third kappa shape index (κ3) is 7.00. The van der Waals surface area contributed by atoms with Crippen molar-refractivity contribution in [3.05, 3.63) is 71.5 Å². The molecule has 5 heteroatoms. The van der Waals surface area contributed by atoms with Gasteiger partial charge < -0.3 is 10.2 Å². The number of hydrogen-bond acceptors (Lipinski definition) is 2. The molecule has 0 saturated heterocycles. The molecular weight excluding hydrogens is 367 g/mol. The van der Waals surface area contributed by atoms with Crippen LogP contribution in [0.2, 0.25) is 0 Å². The molecule has 0 aliphatic heterocycles. The predicted octanol–water partition coefficient (Wildman–Crippen LogP) is 4.34. The number of nitrogens with one attached hydrogen (secondary N) is 1. The summed E-state index contributed by atoms with van der Waals surface area (Å²) in [4.78, 5) is 27.6. The molecule has 0 heterocycles. The Balaban J connectivity index is 2.36. The zero-order chi connectivity index (χ0) is 21.2. The van der Waals surface area contributed by atoms with Gasteiger partial charge in [0.1, 0.15) is 11.9 Å². The minimum absolute atomic E-state index is 0.0676. The summed E-state index contributed by atoms with van der Waals surface area (Å²) in [5.74, 6) is -0.426. The normalized spacial score (nSPS) is 11.9. The van der Waals surface area contributed by atoms with Crippen LogP contribution in [0.1, 0.15) is 44.7 Å². The molecule has 0 aliphatic carbocycles. The number of benzene rings is 2. The molecule has 0 unspecified atom stereocenters. The second-order valence-corrected chi connectivity index (χ2v) is 7.71. The molecule has 4 nitrogen and oxygen atoms in total. The third-order valence-corrected chi connectivity index (χ3v) is 4.72. The van der Waals surface area contributed by atoms with Gasteiger partial charge in [-0.3, -0.25) is 9.59 Å². The lowest BCUT2D eigenvalue weighted by Crippen LogP contribution is -2.51. The van der Waals surface area contributed by atoms with Crippen molar-refractivity contribution in [3.8, 4) is 0 Å². The average Bonchev–Trinajstić information content (AvgIpc) is 2.71. The lowest BCUT2D eigenvalue weighted by atomic mass is 10.0. The van der Waals surface area contributed by atoms with E-state index in [1.54, 1.807) is 18.2 Å². The minimum Gasteiger partial charge on any atom is -0.354 e. The van der Waals surface area contributed by atoms with Crippen molar-refractivity contribution in [2.75, 3.05) is 6.54 Å². The van der Waals surface area contributed by atoms with Crippen LogP contribution in [0.3, 0.4) is 0 Å². The fraction of sp³-hybridized carbons (Fsp3) is 0.417. The van der Waals surface area contributed by atoms with Crippen LogP contribution in [0.4, 0.5) is 4.39 Å². The van der Waals surface area contributed by atoms with Crippen LogP contribution >= 0.6 is 0 Å². The molecule has 0 radical (unpaired) electrons. The number of rotatable bonds is 10. The summed E-state index contributed by atoms with van der Waals surface area (Å²) in [5, 5.41) is 2.95. The Labute approximate surface area is 173 Å². The first-order chi connectivity index (χ1) is 13.9. The zero-order valence-electron chi connectivity index (χ0n) is 17.5. The van der Waals surface area contributed by atoms with Crippen LogP contribution in [0, 0.1) is 11.7 Å². The highest BCUT2D eigenvalue weighted by molar-refractivity contribution is 5.88. The van der Waals surface area contributed by atoms with E-state index in [2.05, 4.69) is 5.32 Å².